The summed E-state index contributed by atoms with van der Waals surface area (Å²) in [4.78, 5) is 20.6. The fourth-order valence-corrected chi connectivity index (χ4v) is 2.95. The zero-order valence-electron chi connectivity index (χ0n) is 14.4. The van der Waals surface area contributed by atoms with E-state index in [2.05, 4.69) is 34.2 Å². The Balaban J connectivity index is 1.51. The Morgan fingerprint density at radius 1 is 1.20 bits per heavy atom. The van der Waals surface area contributed by atoms with Crippen molar-refractivity contribution in [3.63, 3.8) is 0 Å². The minimum absolute atomic E-state index is 0.114. The van der Waals surface area contributed by atoms with Crippen molar-refractivity contribution >= 4 is 12.0 Å². The first-order chi connectivity index (χ1) is 12.1. The van der Waals surface area contributed by atoms with Gasteiger partial charge in [-0.25, -0.2) is 9.37 Å². The molecule has 4 nitrogen and oxygen atoms in total. The lowest BCUT2D eigenvalue weighted by molar-refractivity contribution is 0.0643. The molecule has 2 aromatic rings. The van der Waals surface area contributed by atoms with Gasteiger partial charge in [-0.05, 0) is 24.1 Å². The van der Waals surface area contributed by atoms with Crippen LogP contribution >= 0.6 is 0 Å². The molecule has 5 heteroatoms. The lowest BCUT2D eigenvalue weighted by Crippen LogP contribution is -2.48. The van der Waals surface area contributed by atoms with Crippen LogP contribution in [0.5, 0.6) is 0 Å². The molecule has 0 bridgehead atoms. The van der Waals surface area contributed by atoms with E-state index in [0.29, 0.717) is 24.3 Å². The third kappa shape index (κ3) is 4.51. The van der Waals surface area contributed by atoms with Gasteiger partial charge in [-0.3, -0.25) is 9.69 Å². The summed E-state index contributed by atoms with van der Waals surface area (Å²) in [6.07, 6.45) is 5.37. The smallest absolute Gasteiger partial charge is 0.272 e. The van der Waals surface area contributed by atoms with Crippen molar-refractivity contribution in [2.75, 3.05) is 32.7 Å². The summed E-state index contributed by atoms with van der Waals surface area (Å²) < 4.78 is 13.1. The summed E-state index contributed by atoms with van der Waals surface area (Å²) in [7, 11) is 0. The molecule has 0 aliphatic carbocycles. The number of hydrogen-bond acceptors (Lipinski definition) is 3. The number of hydrogen-bond donors (Lipinski definition) is 0. The van der Waals surface area contributed by atoms with Gasteiger partial charge in [-0.15, -0.1) is 0 Å². The van der Waals surface area contributed by atoms with Gasteiger partial charge in [0.05, 0.1) is 6.20 Å². The van der Waals surface area contributed by atoms with Crippen LogP contribution in [0.3, 0.4) is 0 Å². The molecule has 1 fully saturated rings. The van der Waals surface area contributed by atoms with Crippen LogP contribution in [0.1, 0.15) is 21.6 Å². The van der Waals surface area contributed by atoms with E-state index in [1.165, 1.54) is 11.6 Å². The molecule has 0 unspecified atom stereocenters. The second-order valence-electron chi connectivity index (χ2n) is 6.22. The molecule has 0 spiro atoms. The molecule has 0 radical (unpaired) electrons. The predicted molar refractivity (Wildman–Crippen MR) is 96.8 cm³/mol. The van der Waals surface area contributed by atoms with E-state index in [-0.39, 0.29) is 5.91 Å². The van der Waals surface area contributed by atoms with Crippen LogP contribution in [0.15, 0.2) is 48.7 Å². The minimum Gasteiger partial charge on any atom is -0.335 e. The summed E-state index contributed by atoms with van der Waals surface area (Å²) in [5.74, 6) is -0.527. The fraction of sp³-hybridized carbons (Fsp3) is 0.300. The molecular weight excluding hydrogens is 317 g/mol. The molecule has 1 aliphatic heterocycles. The number of rotatable bonds is 4. The molecule has 1 aliphatic rings. The number of carbonyl (C=O) groups excluding carboxylic acids is 1. The largest absolute Gasteiger partial charge is 0.335 e. The van der Waals surface area contributed by atoms with Crippen LogP contribution in [-0.2, 0) is 0 Å². The van der Waals surface area contributed by atoms with Gasteiger partial charge >= 0.3 is 0 Å². The van der Waals surface area contributed by atoms with Gasteiger partial charge in [-0.2, -0.15) is 0 Å². The molecule has 3 rings (SSSR count). The molecule has 25 heavy (non-hydrogen) atoms. The Labute approximate surface area is 147 Å². The van der Waals surface area contributed by atoms with E-state index in [9.17, 15) is 9.18 Å². The Morgan fingerprint density at radius 2 is 1.92 bits per heavy atom. The number of amides is 1. The minimum atomic E-state index is -0.413. The Morgan fingerprint density at radius 3 is 2.60 bits per heavy atom. The zero-order valence-corrected chi connectivity index (χ0v) is 14.4. The van der Waals surface area contributed by atoms with Crippen LogP contribution in [-0.4, -0.2) is 53.4 Å². The van der Waals surface area contributed by atoms with Gasteiger partial charge < -0.3 is 4.90 Å². The van der Waals surface area contributed by atoms with Crippen molar-refractivity contribution in [3.8, 4) is 0 Å². The maximum absolute atomic E-state index is 13.1. The molecule has 0 saturated carbocycles. The van der Waals surface area contributed by atoms with Crippen LogP contribution in [0.2, 0.25) is 0 Å². The highest BCUT2D eigenvalue weighted by atomic mass is 19.1. The van der Waals surface area contributed by atoms with Gasteiger partial charge in [0.25, 0.3) is 5.91 Å². The monoisotopic (exact) mass is 339 g/mol. The van der Waals surface area contributed by atoms with Crippen molar-refractivity contribution in [3.05, 3.63) is 71.3 Å². The molecule has 1 aromatic heterocycles. The third-order valence-corrected chi connectivity index (χ3v) is 4.38. The summed E-state index contributed by atoms with van der Waals surface area (Å²) in [5, 5.41) is 0. The van der Waals surface area contributed by atoms with Gasteiger partial charge in [0, 0.05) is 32.7 Å². The van der Waals surface area contributed by atoms with E-state index in [1.807, 2.05) is 18.2 Å². The highest BCUT2D eigenvalue weighted by molar-refractivity contribution is 5.93. The van der Waals surface area contributed by atoms with Crippen molar-refractivity contribution < 1.29 is 9.18 Å². The standard InChI is InChI=1S/C20H22FN3O/c1-16-14-18(21)15-22-19(16)20(25)24-12-10-23(11-13-24)9-5-8-17-6-3-2-4-7-17/h2-8,14-15H,9-13H2,1H3/b8-5+. The molecule has 0 N–H and O–H groups in total. The molecule has 130 valence electrons. The van der Waals surface area contributed by atoms with Crippen molar-refractivity contribution in [1.29, 1.82) is 0 Å². The van der Waals surface area contributed by atoms with Gasteiger partial charge in [0.1, 0.15) is 11.5 Å². The number of piperazine rings is 1. The third-order valence-electron chi connectivity index (χ3n) is 4.38. The number of aryl methyl sites for hydroxylation is 1. The lowest BCUT2D eigenvalue weighted by atomic mass is 10.1. The lowest BCUT2D eigenvalue weighted by Gasteiger charge is -2.34. The van der Waals surface area contributed by atoms with E-state index in [0.717, 1.165) is 25.8 Å². The normalized spacial score (nSPS) is 15.7. The second kappa shape index (κ2) is 8.03. The van der Waals surface area contributed by atoms with Gasteiger partial charge in [-0.1, -0.05) is 42.5 Å². The fourth-order valence-electron chi connectivity index (χ4n) is 2.95. The Kier molecular flexibility index (Phi) is 5.56. The number of aromatic nitrogens is 1. The molecular formula is C20H22FN3O. The Bertz CT molecular complexity index is 753. The molecule has 1 amide bonds. The highest BCUT2D eigenvalue weighted by Gasteiger charge is 2.23. The van der Waals surface area contributed by atoms with E-state index < -0.39 is 5.82 Å². The van der Waals surface area contributed by atoms with E-state index in [4.69, 9.17) is 0 Å². The number of benzene rings is 1. The van der Waals surface area contributed by atoms with Crippen LogP contribution < -0.4 is 0 Å². The average Bonchev–Trinajstić information content (AvgIpc) is 2.63. The number of halogens is 1. The molecule has 0 atom stereocenters. The summed E-state index contributed by atoms with van der Waals surface area (Å²) in [5.41, 5.74) is 2.12. The van der Waals surface area contributed by atoms with Gasteiger partial charge in [0.15, 0.2) is 0 Å². The highest BCUT2D eigenvalue weighted by Crippen LogP contribution is 2.12. The number of carbonyl (C=O) groups is 1. The topological polar surface area (TPSA) is 36.4 Å². The maximum atomic E-state index is 13.1. The Hall–Kier alpha value is -2.53. The average molecular weight is 339 g/mol. The number of pyridine rings is 1. The predicted octanol–water partition coefficient (Wildman–Crippen LogP) is 3.00. The SMILES string of the molecule is Cc1cc(F)cnc1C(=O)N1CCN(C/C=C/c2ccccc2)CC1. The van der Waals surface area contributed by atoms with Crippen molar-refractivity contribution in [2.24, 2.45) is 0 Å². The summed E-state index contributed by atoms with van der Waals surface area (Å²) in [6.45, 7) is 5.56. The first-order valence-electron chi connectivity index (χ1n) is 8.49. The van der Waals surface area contributed by atoms with Crippen LogP contribution in [0.25, 0.3) is 6.08 Å². The van der Waals surface area contributed by atoms with Crippen LogP contribution in [0.4, 0.5) is 4.39 Å². The molecule has 1 aromatic carbocycles. The maximum Gasteiger partial charge on any atom is 0.272 e. The second-order valence-corrected chi connectivity index (χ2v) is 6.22. The zero-order chi connectivity index (χ0) is 17.6. The molecule has 1 saturated heterocycles. The van der Waals surface area contributed by atoms with Gasteiger partial charge in [0.2, 0.25) is 0 Å². The van der Waals surface area contributed by atoms with E-state index in [1.54, 1.807) is 11.8 Å². The first-order valence-corrected chi connectivity index (χ1v) is 8.49. The van der Waals surface area contributed by atoms with Crippen molar-refractivity contribution in [1.82, 2.24) is 14.8 Å². The molecule has 2 heterocycles. The quantitative estimate of drug-likeness (QED) is 0.859. The number of nitrogens with zero attached hydrogens (tertiary/aromatic N) is 3. The first kappa shape index (κ1) is 17.3. The summed E-state index contributed by atoms with van der Waals surface area (Å²) >= 11 is 0. The van der Waals surface area contributed by atoms with E-state index >= 15 is 0 Å². The van der Waals surface area contributed by atoms with Crippen molar-refractivity contribution in [2.45, 2.75) is 6.92 Å². The summed E-state index contributed by atoms with van der Waals surface area (Å²) in [6, 6.07) is 11.6. The van der Waals surface area contributed by atoms with Crippen LogP contribution in [0, 0.1) is 12.7 Å².